The monoisotopic (exact) mass is 310 g/mol. The van der Waals surface area contributed by atoms with E-state index >= 15 is 0 Å². The molecule has 0 N–H and O–H groups in total. The molecule has 0 spiro atoms. The average Bonchev–Trinajstić information content (AvgIpc) is 2.40. The summed E-state index contributed by atoms with van der Waals surface area (Å²) in [6, 6.07) is 0.537. The Morgan fingerprint density at radius 2 is 1.90 bits per heavy atom. The fourth-order valence-electron chi connectivity index (χ4n) is 2.78. The van der Waals surface area contributed by atoms with E-state index in [1.54, 1.807) is 0 Å². The summed E-state index contributed by atoms with van der Waals surface area (Å²) < 4.78 is 0. The van der Waals surface area contributed by atoms with Crippen LogP contribution in [-0.2, 0) is 5.41 Å². The van der Waals surface area contributed by atoms with Crippen molar-refractivity contribution in [2.75, 3.05) is 31.1 Å². The molecule has 0 aromatic carbocycles. The molecule has 1 unspecified atom stereocenters. The minimum absolute atomic E-state index is 0.0943. The van der Waals surface area contributed by atoms with Crippen molar-refractivity contribution in [2.45, 2.75) is 53.0 Å². The summed E-state index contributed by atoms with van der Waals surface area (Å²) in [5.74, 6) is 1.82. The Bertz CT molecular complexity index is 510. The van der Waals surface area contributed by atoms with Gasteiger partial charge in [-0.2, -0.15) is 0 Å². The molecular weight excluding hydrogens is 284 g/mol. The van der Waals surface area contributed by atoms with Gasteiger partial charge in [0.15, 0.2) is 0 Å². The molecule has 4 nitrogen and oxygen atoms in total. The molecular formula is C16H27ClN4. The highest BCUT2D eigenvalue weighted by molar-refractivity contribution is 6.30. The van der Waals surface area contributed by atoms with E-state index in [1.165, 1.54) is 0 Å². The van der Waals surface area contributed by atoms with E-state index < -0.39 is 0 Å². The van der Waals surface area contributed by atoms with Gasteiger partial charge >= 0.3 is 0 Å². The van der Waals surface area contributed by atoms with Gasteiger partial charge in [-0.25, -0.2) is 9.97 Å². The maximum Gasteiger partial charge on any atom is 0.137 e. The maximum absolute atomic E-state index is 6.35. The number of hydrogen-bond donors (Lipinski definition) is 0. The highest BCUT2D eigenvalue weighted by Crippen LogP contribution is 2.29. The summed E-state index contributed by atoms with van der Waals surface area (Å²) in [6.45, 7) is 17.0. The summed E-state index contributed by atoms with van der Waals surface area (Å²) in [5, 5.41) is 0.579. The van der Waals surface area contributed by atoms with E-state index in [9.17, 15) is 0 Å². The molecule has 0 radical (unpaired) electrons. The second kappa shape index (κ2) is 6.09. The molecule has 0 aliphatic carbocycles. The zero-order valence-corrected chi connectivity index (χ0v) is 14.8. The van der Waals surface area contributed by atoms with Crippen molar-refractivity contribution in [1.82, 2.24) is 14.9 Å². The lowest BCUT2D eigenvalue weighted by atomic mass is 9.95. The molecule has 1 saturated heterocycles. The second-order valence-corrected chi connectivity index (χ2v) is 7.32. The lowest BCUT2D eigenvalue weighted by Crippen LogP contribution is -2.52. The number of aromatic nitrogens is 2. The number of rotatable bonds is 2. The van der Waals surface area contributed by atoms with Crippen LogP contribution in [0.25, 0.3) is 0 Å². The van der Waals surface area contributed by atoms with Gasteiger partial charge < -0.3 is 4.90 Å². The molecule has 1 aliphatic rings. The molecule has 1 atom stereocenters. The second-order valence-electron chi connectivity index (χ2n) is 6.96. The van der Waals surface area contributed by atoms with Crippen LogP contribution in [0.1, 0.15) is 46.0 Å². The minimum Gasteiger partial charge on any atom is -0.353 e. The topological polar surface area (TPSA) is 32.3 Å². The normalized spacial score (nSPS) is 20.9. The molecule has 5 heteroatoms. The van der Waals surface area contributed by atoms with E-state index in [2.05, 4.69) is 49.4 Å². The molecule has 0 amide bonds. The van der Waals surface area contributed by atoms with Crippen LogP contribution in [0, 0.1) is 6.92 Å². The Hall–Kier alpha value is -0.870. The minimum atomic E-state index is -0.0943. The quantitative estimate of drug-likeness (QED) is 0.785. The smallest absolute Gasteiger partial charge is 0.137 e. The molecule has 1 aliphatic heterocycles. The molecule has 118 valence electrons. The molecule has 0 saturated carbocycles. The predicted molar refractivity (Wildman–Crippen MR) is 89.4 cm³/mol. The molecule has 1 aromatic rings. The molecule has 0 bridgehead atoms. The van der Waals surface area contributed by atoms with Crippen LogP contribution < -0.4 is 4.90 Å². The van der Waals surface area contributed by atoms with E-state index in [4.69, 9.17) is 16.6 Å². The zero-order chi connectivity index (χ0) is 15.8. The van der Waals surface area contributed by atoms with Crippen LogP contribution in [0.3, 0.4) is 0 Å². The fraction of sp³-hybridized carbons (Fsp3) is 0.750. The van der Waals surface area contributed by atoms with Crippen molar-refractivity contribution in [2.24, 2.45) is 0 Å². The van der Waals surface area contributed by atoms with Gasteiger partial charge in [0.1, 0.15) is 16.8 Å². The first-order valence-electron chi connectivity index (χ1n) is 7.77. The van der Waals surface area contributed by atoms with Gasteiger partial charge in [-0.3, -0.25) is 4.90 Å². The third-order valence-corrected chi connectivity index (χ3v) is 4.57. The lowest BCUT2D eigenvalue weighted by Gasteiger charge is -2.40. The number of hydrogen-bond acceptors (Lipinski definition) is 4. The largest absolute Gasteiger partial charge is 0.353 e. The van der Waals surface area contributed by atoms with E-state index in [0.717, 1.165) is 43.4 Å². The van der Waals surface area contributed by atoms with Crippen LogP contribution in [0.2, 0.25) is 5.15 Å². The number of piperazine rings is 1. The van der Waals surface area contributed by atoms with Crippen molar-refractivity contribution in [1.29, 1.82) is 0 Å². The number of halogens is 1. The van der Waals surface area contributed by atoms with Gasteiger partial charge in [0.2, 0.25) is 0 Å². The lowest BCUT2D eigenvalue weighted by molar-refractivity contribution is 0.199. The molecule has 1 fully saturated rings. The Balaban J connectivity index is 2.33. The SMILES string of the molecule is CCN1CCN(c2nc(C(C)(C)C)nc(Cl)c2C)CC1C. The van der Waals surface area contributed by atoms with Gasteiger partial charge in [-0.1, -0.05) is 39.3 Å². The van der Waals surface area contributed by atoms with Crippen LogP contribution in [0.5, 0.6) is 0 Å². The standard InChI is InChI=1S/C16H27ClN4/c1-7-20-8-9-21(10-11(20)2)14-12(3)13(17)18-15(19-14)16(4,5)6/h11H,7-10H2,1-6H3. The highest BCUT2D eigenvalue weighted by Gasteiger charge is 2.27. The fourth-order valence-corrected chi connectivity index (χ4v) is 2.94. The van der Waals surface area contributed by atoms with Crippen molar-refractivity contribution < 1.29 is 0 Å². The number of likely N-dealkylation sites (N-methyl/N-ethyl adjacent to an activating group) is 1. The van der Waals surface area contributed by atoms with Gasteiger partial charge in [0, 0.05) is 36.7 Å². The van der Waals surface area contributed by atoms with Gasteiger partial charge in [0.25, 0.3) is 0 Å². The zero-order valence-electron chi connectivity index (χ0n) is 14.1. The Morgan fingerprint density at radius 1 is 1.24 bits per heavy atom. The van der Waals surface area contributed by atoms with Crippen LogP contribution in [0.15, 0.2) is 0 Å². The van der Waals surface area contributed by atoms with Crippen LogP contribution in [0.4, 0.5) is 5.82 Å². The third-order valence-electron chi connectivity index (χ3n) is 4.20. The van der Waals surface area contributed by atoms with Crippen molar-refractivity contribution in [3.05, 3.63) is 16.5 Å². The Labute approximate surface area is 133 Å². The van der Waals surface area contributed by atoms with E-state index in [1.807, 2.05) is 6.92 Å². The third kappa shape index (κ3) is 3.49. The summed E-state index contributed by atoms with van der Waals surface area (Å²) in [6.07, 6.45) is 0. The van der Waals surface area contributed by atoms with Gasteiger partial charge in [0.05, 0.1) is 0 Å². The average molecular weight is 311 g/mol. The summed E-state index contributed by atoms with van der Waals surface area (Å²) in [4.78, 5) is 14.1. The molecule has 1 aromatic heterocycles. The summed E-state index contributed by atoms with van der Waals surface area (Å²) in [5.41, 5.74) is 0.893. The molecule has 2 heterocycles. The number of anilines is 1. The molecule has 2 rings (SSSR count). The highest BCUT2D eigenvalue weighted by atomic mass is 35.5. The van der Waals surface area contributed by atoms with Crippen molar-refractivity contribution in [3.63, 3.8) is 0 Å². The van der Waals surface area contributed by atoms with Gasteiger partial charge in [-0.15, -0.1) is 0 Å². The van der Waals surface area contributed by atoms with Gasteiger partial charge in [-0.05, 0) is 20.4 Å². The van der Waals surface area contributed by atoms with E-state index in [-0.39, 0.29) is 5.41 Å². The predicted octanol–water partition coefficient (Wildman–Crippen LogP) is 3.27. The van der Waals surface area contributed by atoms with Crippen molar-refractivity contribution in [3.8, 4) is 0 Å². The van der Waals surface area contributed by atoms with Crippen molar-refractivity contribution >= 4 is 17.4 Å². The first-order valence-corrected chi connectivity index (χ1v) is 8.15. The van der Waals surface area contributed by atoms with E-state index in [0.29, 0.717) is 11.2 Å². The van der Waals surface area contributed by atoms with Crippen LogP contribution in [-0.4, -0.2) is 47.1 Å². The summed E-state index contributed by atoms with van der Waals surface area (Å²) in [7, 11) is 0. The number of nitrogens with zero attached hydrogens (tertiary/aromatic N) is 4. The summed E-state index contributed by atoms with van der Waals surface area (Å²) >= 11 is 6.35. The first kappa shape index (κ1) is 16.5. The first-order chi connectivity index (χ1) is 9.74. The Kier molecular flexibility index (Phi) is 4.79. The molecule has 21 heavy (non-hydrogen) atoms. The van der Waals surface area contributed by atoms with Crippen LogP contribution >= 0.6 is 11.6 Å². The Morgan fingerprint density at radius 3 is 2.43 bits per heavy atom. The maximum atomic E-state index is 6.35.